The highest BCUT2D eigenvalue weighted by Crippen LogP contribution is 2.52. The van der Waals surface area contributed by atoms with E-state index in [2.05, 4.69) is 0 Å². The lowest BCUT2D eigenvalue weighted by Gasteiger charge is -2.50. The van der Waals surface area contributed by atoms with Gasteiger partial charge in [-0.1, -0.05) is 60.7 Å². The number of fused-ring (bicyclic) bond motifs is 1. The number of rotatable bonds is 9. The third-order valence-electron chi connectivity index (χ3n) is 7.48. The Morgan fingerprint density at radius 2 is 1.34 bits per heavy atom. The summed E-state index contributed by atoms with van der Waals surface area (Å²) in [7, 11) is 0.697. The normalized spacial score (nSPS) is 22.0. The predicted molar refractivity (Wildman–Crippen MR) is 144 cm³/mol. The molecule has 8 nitrogen and oxygen atoms in total. The predicted octanol–water partition coefficient (Wildman–Crippen LogP) is 2.00. The summed E-state index contributed by atoms with van der Waals surface area (Å²) in [5, 5.41) is 22.4. The number of ether oxygens (including phenoxy) is 4. The number of hydrogen-bond acceptors (Lipinski definition) is 8. The Balaban J connectivity index is 1.62. The van der Waals surface area contributed by atoms with Crippen molar-refractivity contribution >= 4 is 25.2 Å². The fourth-order valence-corrected chi connectivity index (χ4v) is 5.47. The molecule has 2 atom stereocenters. The minimum Gasteiger partial charge on any atom is -0.496 e. The summed E-state index contributed by atoms with van der Waals surface area (Å²) in [6.07, 6.45) is -0.232. The molecule has 10 heteroatoms. The first-order chi connectivity index (χ1) is 18.4. The number of benzene rings is 3. The summed E-state index contributed by atoms with van der Waals surface area (Å²) in [6.45, 7) is 2.58. The Hall–Kier alpha value is -2.85. The molecule has 38 heavy (non-hydrogen) atoms. The summed E-state index contributed by atoms with van der Waals surface area (Å²) in [6, 6.07) is 21.9. The molecule has 0 spiro atoms. The Morgan fingerprint density at radius 3 is 1.92 bits per heavy atom. The van der Waals surface area contributed by atoms with Gasteiger partial charge in [0.25, 0.3) is 0 Å². The van der Waals surface area contributed by atoms with Crippen molar-refractivity contribution in [1.29, 1.82) is 0 Å². The molecular weight excluding hydrogens is 486 g/mol. The van der Waals surface area contributed by atoms with E-state index in [0.717, 1.165) is 11.1 Å². The van der Waals surface area contributed by atoms with Crippen molar-refractivity contribution in [3.8, 4) is 11.5 Å². The van der Waals surface area contributed by atoms with E-state index < -0.39 is 31.7 Å². The molecule has 0 aromatic heterocycles. The molecule has 0 radical (unpaired) electrons. The van der Waals surface area contributed by atoms with Crippen molar-refractivity contribution in [2.75, 3.05) is 27.4 Å². The fourth-order valence-electron chi connectivity index (χ4n) is 5.47. The van der Waals surface area contributed by atoms with Crippen molar-refractivity contribution in [3.05, 3.63) is 83.9 Å². The molecular formula is C28H32B2O8. The van der Waals surface area contributed by atoms with Gasteiger partial charge in [0, 0.05) is 24.0 Å². The van der Waals surface area contributed by atoms with Crippen LogP contribution in [0.5, 0.6) is 11.5 Å². The largest absolute Gasteiger partial charge is 0.496 e. The third kappa shape index (κ3) is 4.96. The van der Waals surface area contributed by atoms with E-state index in [-0.39, 0.29) is 12.8 Å². The van der Waals surface area contributed by atoms with Crippen LogP contribution in [0.4, 0.5) is 0 Å². The molecule has 198 valence electrons. The SMILES string of the molecule is COc1ccc(OC)c2c1C[C@](OB(O)c1ccccc1)(C1(C)OCCO1)C[C@H]2OB(O)c1ccccc1. The van der Waals surface area contributed by atoms with Crippen LogP contribution in [-0.2, 0) is 25.2 Å². The van der Waals surface area contributed by atoms with Gasteiger partial charge in [-0.05, 0) is 30.0 Å². The molecule has 1 aliphatic carbocycles. The Morgan fingerprint density at radius 1 is 0.789 bits per heavy atom. The summed E-state index contributed by atoms with van der Waals surface area (Å²) >= 11 is 0. The first-order valence-corrected chi connectivity index (χ1v) is 12.7. The van der Waals surface area contributed by atoms with Gasteiger partial charge in [-0.15, -0.1) is 0 Å². The van der Waals surface area contributed by atoms with Gasteiger partial charge in [0.05, 0.1) is 33.5 Å². The Bertz CT molecular complexity index is 1220. The van der Waals surface area contributed by atoms with Crippen LogP contribution in [0.2, 0.25) is 0 Å². The molecule has 0 saturated carbocycles. The summed E-state index contributed by atoms with van der Waals surface area (Å²) in [4.78, 5) is 0. The van der Waals surface area contributed by atoms with E-state index in [1.54, 1.807) is 38.5 Å². The van der Waals surface area contributed by atoms with E-state index in [1.807, 2.05) is 55.5 Å². The molecule has 1 saturated heterocycles. The molecule has 3 aromatic carbocycles. The lowest BCUT2D eigenvalue weighted by Crippen LogP contribution is -2.62. The quantitative estimate of drug-likeness (QED) is 0.416. The van der Waals surface area contributed by atoms with Crippen molar-refractivity contribution in [3.63, 3.8) is 0 Å². The summed E-state index contributed by atoms with van der Waals surface area (Å²) in [5.41, 5.74) is 1.50. The second-order valence-electron chi connectivity index (χ2n) is 9.65. The van der Waals surface area contributed by atoms with Gasteiger partial charge in [-0.25, -0.2) is 0 Å². The lowest BCUT2D eigenvalue weighted by molar-refractivity contribution is -0.261. The van der Waals surface area contributed by atoms with Crippen LogP contribution >= 0.6 is 0 Å². The molecule has 3 aromatic rings. The van der Waals surface area contributed by atoms with Gasteiger partial charge in [-0.3, -0.25) is 0 Å². The van der Waals surface area contributed by atoms with E-state index in [4.69, 9.17) is 28.3 Å². The van der Waals surface area contributed by atoms with Crippen molar-refractivity contribution < 1.29 is 38.3 Å². The van der Waals surface area contributed by atoms with E-state index in [9.17, 15) is 10.0 Å². The highest BCUT2D eigenvalue weighted by Gasteiger charge is 2.59. The lowest BCUT2D eigenvalue weighted by atomic mass is 9.69. The average Bonchev–Trinajstić information content (AvgIpc) is 3.41. The molecule has 2 aliphatic rings. The van der Waals surface area contributed by atoms with Crippen LogP contribution in [0.25, 0.3) is 0 Å². The maximum absolute atomic E-state index is 11.3. The molecule has 1 fully saturated rings. The summed E-state index contributed by atoms with van der Waals surface area (Å²) in [5.74, 6) is -0.0119. The van der Waals surface area contributed by atoms with Crippen LogP contribution < -0.4 is 20.4 Å². The van der Waals surface area contributed by atoms with Gasteiger partial charge in [0.2, 0.25) is 0 Å². The monoisotopic (exact) mass is 518 g/mol. The van der Waals surface area contributed by atoms with Crippen molar-refractivity contribution in [1.82, 2.24) is 0 Å². The first-order valence-electron chi connectivity index (χ1n) is 12.7. The first kappa shape index (κ1) is 26.7. The minimum absolute atomic E-state index is 0.202. The highest BCUT2D eigenvalue weighted by molar-refractivity contribution is 6.60. The van der Waals surface area contributed by atoms with Crippen LogP contribution in [0.3, 0.4) is 0 Å². The Labute approximate surface area is 223 Å². The molecule has 2 N–H and O–H groups in total. The third-order valence-corrected chi connectivity index (χ3v) is 7.48. The molecule has 5 rings (SSSR count). The van der Waals surface area contributed by atoms with Gasteiger partial charge in [-0.2, -0.15) is 0 Å². The van der Waals surface area contributed by atoms with Crippen LogP contribution in [-0.4, -0.2) is 63.1 Å². The average molecular weight is 518 g/mol. The van der Waals surface area contributed by atoms with Gasteiger partial charge in [0.15, 0.2) is 5.79 Å². The smallest absolute Gasteiger partial charge is 0.491 e. The van der Waals surface area contributed by atoms with Gasteiger partial charge in [0.1, 0.15) is 17.1 Å². The van der Waals surface area contributed by atoms with E-state index in [0.29, 0.717) is 35.6 Å². The Kier molecular flexibility index (Phi) is 7.81. The van der Waals surface area contributed by atoms with E-state index >= 15 is 0 Å². The topological polar surface area (TPSA) is 95.8 Å². The van der Waals surface area contributed by atoms with Crippen molar-refractivity contribution in [2.24, 2.45) is 0 Å². The minimum atomic E-state index is -1.27. The van der Waals surface area contributed by atoms with Crippen LogP contribution in [0.15, 0.2) is 72.8 Å². The van der Waals surface area contributed by atoms with E-state index in [1.165, 1.54) is 0 Å². The van der Waals surface area contributed by atoms with Crippen LogP contribution in [0, 0.1) is 0 Å². The summed E-state index contributed by atoms with van der Waals surface area (Å²) < 4.78 is 36.7. The second-order valence-corrected chi connectivity index (χ2v) is 9.65. The molecule has 0 amide bonds. The van der Waals surface area contributed by atoms with Gasteiger partial charge < -0.3 is 38.3 Å². The molecule has 1 heterocycles. The van der Waals surface area contributed by atoms with Crippen molar-refractivity contribution in [2.45, 2.75) is 37.3 Å². The highest BCUT2D eigenvalue weighted by atomic mass is 16.8. The number of methoxy groups -OCH3 is 2. The number of hydrogen-bond donors (Lipinski definition) is 2. The molecule has 0 bridgehead atoms. The van der Waals surface area contributed by atoms with Crippen LogP contribution in [0.1, 0.15) is 30.6 Å². The maximum atomic E-state index is 11.3. The standard InChI is InChI=1S/C28H32B2O8/c1-27(35-16-17-36-27)28(38-30(32)21-12-8-5-9-13-21)18-22-23(33-2)14-15-24(34-3)26(22)25(19-28)37-29(31)20-10-6-4-7-11-20/h4-15,25,31-32H,16-19H2,1-3H3/t25-,28-/m1/s1. The zero-order valence-corrected chi connectivity index (χ0v) is 21.8. The molecule has 1 aliphatic heterocycles. The fraction of sp³-hybridized carbons (Fsp3) is 0.357. The maximum Gasteiger partial charge on any atom is 0.491 e. The van der Waals surface area contributed by atoms with Gasteiger partial charge >= 0.3 is 14.2 Å². The zero-order valence-electron chi connectivity index (χ0n) is 21.8. The molecule has 0 unspecified atom stereocenters. The second kappa shape index (κ2) is 11.1. The zero-order chi connectivity index (χ0) is 26.8.